The second kappa shape index (κ2) is 6.86. The van der Waals surface area contributed by atoms with E-state index in [-0.39, 0.29) is 12.6 Å². The number of hydrogen-bond acceptors (Lipinski definition) is 5. The summed E-state index contributed by atoms with van der Waals surface area (Å²) in [7, 11) is 1.66. The number of nitrogens with one attached hydrogen (secondary N) is 1. The maximum absolute atomic E-state index is 12.0. The predicted octanol–water partition coefficient (Wildman–Crippen LogP) is 1.17. The Kier molecular flexibility index (Phi) is 5.13. The van der Waals surface area contributed by atoms with Gasteiger partial charge in [-0.1, -0.05) is 0 Å². The van der Waals surface area contributed by atoms with Crippen molar-refractivity contribution in [3.8, 4) is 0 Å². The number of amides is 2. The Morgan fingerprint density at radius 2 is 2.24 bits per heavy atom. The second-order valence-corrected chi connectivity index (χ2v) is 5.91. The summed E-state index contributed by atoms with van der Waals surface area (Å²) >= 11 is 1.47. The molecular formula is C13H19N3O4S. The topological polar surface area (TPSA) is 91.8 Å². The van der Waals surface area contributed by atoms with Gasteiger partial charge in [0.05, 0.1) is 23.2 Å². The first-order valence-electron chi connectivity index (χ1n) is 6.71. The molecule has 8 heteroatoms. The van der Waals surface area contributed by atoms with E-state index in [1.165, 1.54) is 16.2 Å². The number of carbonyl (C=O) groups is 2. The van der Waals surface area contributed by atoms with Gasteiger partial charge in [-0.15, -0.1) is 11.3 Å². The zero-order valence-electron chi connectivity index (χ0n) is 11.9. The summed E-state index contributed by atoms with van der Waals surface area (Å²) in [4.78, 5) is 29.1. The van der Waals surface area contributed by atoms with E-state index in [4.69, 9.17) is 4.74 Å². The second-order valence-electron chi connectivity index (χ2n) is 5.19. The lowest BCUT2D eigenvalue weighted by Gasteiger charge is -2.33. The molecule has 7 nitrogen and oxygen atoms in total. The summed E-state index contributed by atoms with van der Waals surface area (Å²) in [6.07, 6.45) is 0.830. The van der Waals surface area contributed by atoms with Crippen LogP contribution in [0, 0.1) is 5.41 Å². The van der Waals surface area contributed by atoms with Crippen molar-refractivity contribution in [2.75, 3.05) is 26.8 Å². The van der Waals surface area contributed by atoms with Crippen LogP contribution in [-0.2, 0) is 16.1 Å². The van der Waals surface area contributed by atoms with Gasteiger partial charge in [0.1, 0.15) is 0 Å². The number of hydrogen-bond donors (Lipinski definition) is 2. The maximum atomic E-state index is 12.0. The van der Waals surface area contributed by atoms with Crippen LogP contribution in [0.15, 0.2) is 10.9 Å². The van der Waals surface area contributed by atoms with Gasteiger partial charge in [0.15, 0.2) is 0 Å². The van der Waals surface area contributed by atoms with Crippen LogP contribution in [-0.4, -0.2) is 53.8 Å². The average Bonchev–Trinajstić information content (AvgIpc) is 2.98. The fourth-order valence-electron chi connectivity index (χ4n) is 2.24. The third-order valence-corrected chi connectivity index (χ3v) is 4.35. The van der Waals surface area contributed by atoms with Crippen molar-refractivity contribution in [3.63, 3.8) is 0 Å². The first-order chi connectivity index (χ1) is 10.0. The molecule has 0 atom stereocenters. The van der Waals surface area contributed by atoms with E-state index in [1.807, 2.05) is 5.38 Å². The van der Waals surface area contributed by atoms with E-state index in [9.17, 15) is 14.7 Å². The summed E-state index contributed by atoms with van der Waals surface area (Å²) < 4.78 is 5.21. The SMILES string of the molecule is CN(Cc1cscn1)C(=O)NCC1(C(=O)O)CCOCC1. The van der Waals surface area contributed by atoms with Crippen LogP contribution >= 0.6 is 11.3 Å². The zero-order valence-corrected chi connectivity index (χ0v) is 12.7. The molecule has 1 aromatic heterocycles. The molecule has 1 aromatic rings. The third-order valence-electron chi connectivity index (χ3n) is 3.71. The van der Waals surface area contributed by atoms with Crippen LogP contribution in [0.4, 0.5) is 4.79 Å². The molecule has 2 heterocycles. The molecule has 0 radical (unpaired) electrons. The van der Waals surface area contributed by atoms with Crippen LogP contribution in [0.25, 0.3) is 0 Å². The molecule has 0 aromatic carbocycles. The van der Waals surface area contributed by atoms with Crippen LogP contribution in [0.2, 0.25) is 0 Å². The van der Waals surface area contributed by atoms with Gasteiger partial charge in [0.2, 0.25) is 0 Å². The van der Waals surface area contributed by atoms with Crippen molar-refractivity contribution in [1.29, 1.82) is 0 Å². The molecule has 0 saturated carbocycles. The summed E-state index contributed by atoms with van der Waals surface area (Å²) in [6, 6.07) is -0.296. The molecule has 1 saturated heterocycles. The number of aromatic nitrogens is 1. The number of nitrogens with zero attached hydrogens (tertiary/aromatic N) is 2. The number of carboxylic acids is 1. The minimum atomic E-state index is -0.921. The Hall–Kier alpha value is -1.67. The number of urea groups is 1. The predicted molar refractivity (Wildman–Crippen MR) is 77.1 cm³/mol. The van der Waals surface area contributed by atoms with E-state index in [0.717, 1.165) is 5.69 Å². The Balaban J connectivity index is 1.88. The average molecular weight is 313 g/mol. The highest BCUT2D eigenvalue weighted by molar-refractivity contribution is 7.07. The summed E-state index contributed by atoms with van der Waals surface area (Å²) in [5.41, 5.74) is 1.61. The van der Waals surface area contributed by atoms with Crippen LogP contribution < -0.4 is 5.32 Å². The molecule has 1 aliphatic heterocycles. The summed E-state index contributed by atoms with van der Waals surface area (Å²) in [5.74, 6) is -0.881. The standard InChI is InChI=1S/C13H19N3O4S/c1-16(6-10-7-21-9-15-10)12(19)14-8-13(11(17)18)2-4-20-5-3-13/h7,9H,2-6,8H2,1H3,(H,14,19)(H,17,18). The molecule has 2 rings (SSSR count). The molecule has 1 fully saturated rings. The number of aliphatic carboxylic acids is 1. The van der Waals surface area contributed by atoms with Gasteiger partial charge in [0.25, 0.3) is 0 Å². The van der Waals surface area contributed by atoms with E-state index in [1.54, 1.807) is 12.6 Å². The highest BCUT2D eigenvalue weighted by Crippen LogP contribution is 2.30. The fraction of sp³-hybridized carbons (Fsp3) is 0.615. The number of carbonyl (C=O) groups excluding carboxylic acids is 1. The Labute approximate surface area is 126 Å². The first kappa shape index (κ1) is 15.7. The lowest BCUT2D eigenvalue weighted by atomic mass is 9.80. The van der Waals surface area contributed by atoms with Crippen molar-refractivity contribution in [2.45, 2.75) is 19.4 Å². The van der Waals surface area contributed by atoms with Crippen molar-refractivity contribution in [1.82, 2.24) is 15.2 Å². The monoisotopic (exact) mass is 313 g/mol. The quantitative estimate of drug-likeness (QED) is 0.851. The molecule has 0 bridgehead atoms. The largest absolute Gasteiger partial charge is 0.481 e. The lowest BCUT2D eigenvalue weighted by Crippen LogP contribution is -2.49. The van der Waals surface area contributed by atoms with Gasteiger partial charge in [-0.25, -0.2) is 9.78 Å². The van der Waals surface area contributed by atoms with Crippen molar-refractivity contribution in [3.05, 3.63) is 16.6 Å². The molecule has 2 amide bonds. The molecule has 0 aliphatic carbocycles. The fourth-order valence-corrected chi connectivity index (χ4v) is 2.79. The van der Waals surface area contributed by atoms with E-state index in [2.05, 4.69) is 10.3 Å². The zero-order chi connectivity index (χ0) is 15.3. The normalized spacial score (nSPS) is 17.2. The minimum absolute atomic E-state index is 0.117. The molecule has 1 aliphatic rings. The number of ether oxygens (including phenoxy) is 1. The molecular weight excluding hydrogens is 294 g/mol. The Bertz CT molecular complexity index is 486. The van der Waals surface area contributed by atoms with Crippen molar-refractivity contribution >= 4 is 23.3 Å². The van der Waals surface area contributed by atoms with Crippen LogP contribution in [0.1, 0.15) is 18.5 Å². The highest BCUT2D eigenvalue weighted by atomic mass is 32.1. The summed E-state index contributed by atoms with van der Waals surface area (Å²) in [6.45, 7) is 1.35. The van der Waals surface area contributed by atoms with E-state index in [0.29, 0.717) is 32.6 Å². The van der Waals surface area contributed by atoms with Crippen LogP contribution in [0.3, 0.4) is 0 Å². The van der Waals surface area contributed by atoms with Gasteiger partial charge in [-0.2, -0.15) is 0 Å². The smallest absolute Gasteiger partial charge is 0.317 e. The number of thiazole rings is 1. The maximum Gasteiger partial charge on any atom is 0.317 e. The Morgan fingerprint density at radius 1 is 1.52 bits per heavy atom. The highest BCUT2D eigenvalue weighted by Gasteiger charge is 2.40. The van der Waals surface area contributed by atoms with Gasteiger partial charge >= 0.3 is 12.0 Å². The molecule has 21 heavy (non-hydrogen) atoms. The van der Waals surface area contributed by atoms with E-state index >= 15 is 0 Å². The number of rotatable bonds is 5. The number of carboxylic acid groups (broad SMARTS) is 1. The molecule has 116 valence electrons. The lowest BCUT2D eigenvalue weighted by molar-refractivity contribution is -0.154. The molecule has 2 N–H and O–H groups in total. The summed E-state index contributed by atoms with van der Waals surface area (Å²) in [5, 5.41) is 14.0. The van der Waals surface area contributed by atoms with Gasteiger partial charge < -0.3 is 20.1 Å². The van der Waals surface area contributed by atoms with Crippen molar-refractivity contribution in [2.24, 2.45) is 5.41 Å². The first-order valence-corrected chi connectivity index (χ1v) is 7.65. The minimum Gasteiger partial charge on any atom is -0.481 e. The third kappa shape index (κ3) is 3.92. The van der Waals surface area contributed by atoms with Gasteiger partial charge in [-0.05, 0) is 12.8 Å². The Morgan fingerprint density at radius 3 is 2.81 bits per heavy atom. The molecule has 0 spiro atoms. The van der Waals surface area contributed by atoms with Gasteiger partial charge in [-0.3, -0.25) is 4.79 Å². The van der Waals surface area contributed by atoms with E-state index < -0.39 is 11.4 Å². The van der Waals surface area contributed by atoms with Crippen molar-refractivity contribution < 1.29 is 19.4 Å². The van der Waals surface area contributed by atoms with Gasteiger partial charge in [0, 0.05) is 32.2 Å². The van der Waals surface area contributed by atoms with Crippen LogP contribution in [0.5, 0.6) is 0 Å². The molecule has 0 unspecified atom stereocenters.